The normalized spacial score (nSPS) is 22.4. The molecular weight excluding hydrogens is 192 g/mol. The van der Waals surface area contributed by atoms with Crippen LogP contribution in [0, 0.1) is 0 Å². The van der Waals surface area contributed by atoms with Gasteiger partial charge in [-0.25, -0.2) is 9.59 Å². The molecule has 0 heterocycles. The van der Waals surface area contributed by atoms with Gasteiger partial charge in [0.2, 0.25) is 12.2 Å². The third-order valence-electron chi connectivity index (χ3n) is 2.58. The van der Waals surface area contributed by atoms with E-state index in [4.69, 9.17) is 0 Å². The number of benzene rings is 1. The van der Waals surface area contributed by atoms with E-state index in [1.54, 1.807) is 0 Å². The van der Waals surface area contributed by atoms with Crippen LogP contribution in [0.25, 0.3) is 0 Å². The minimum atomic E-state index is -0.375. The molecule has 0 aliphatic heterocycles. The Morgan fingerprint density at radius 2 is 1.87 bits per heavy atom. The molecule has 1 aromatic rings. The summed E-state index contributed by atoms with van der Waals surface area (Å²) in [6, 6.07) is 6.94. The van der Waals surface area contributed by atoms with Gasteiger partial charge in [-0.2, -0.15) is 9.98 Å². The largest absolute Gasteiger partial charge is 0.235 e. The highest BCUT2D eigenvalue weighted by Crippen LogP contribution is 2.35. The van der Waals surface area contributed by atoms with E-state index >= 15 is 0 Å². The van der Waals surface area contributed by atoms with Crippen molar-refractivity contribution in [2.45, 2.75) is 18.5 Å². The van der Waals surface area contributed by atoms with E-state index < -0.39 is 0 Å². The van der Waals surface area contributed by atoms with Crippen LogP contribution < -0.4 is 0 Å². The second kappa shape index (κ2) is 4.01. The monoisotopic (exact) mass is 200 g/mol. The number of aliphatic imine (C=N–C) groups is 2. The van der Waals surface area contributed by atoms with E-state index in [0.717, 1.165) is 11.1 Å². The lowest BCUT2D eigenvalue weighted by Crippen LogP contribution is -2.09. The van der Waals surface area contributed by atoms with Crippen molar-refractivity contribution in [2.24, 2.45) is 9.98 Å². The van der Waals surface area contributed by atoms with Gasteiger partial charge >= 0.3 is 0 Å². The van der Waals surface area contributed by atoms with E-state index in [-0.39, 0.29) is 12.1 Å². The number of carbonyl (C=O) groups excluding carboxylic acids is 2. The minimum Gasteiger partial charge on any atom is -0.211 e. The molecule has 2 rings (SSSR count). The van der Waals surface area contributed by atoms with Gasteiger partial charge in [0.05, 0.1) is 6.04 Å². The molecule has 0 N–H and O–H groups in total. The smallest absolute Gasteiger partial charge is 0.211 e. The lowest BCUT2D eigenvalue weighted by Gasteiger charge is -2.07. The molecule has 0 fully saturated rings. The maximum atomic E-state index is 10.3. The predicted molar refractivity (Wildman–Crippen MR) is 52.9 cm³/mol. The fraction of sp³-hybridized carbons (Fsp3) is 0.273. The van der Waals surface area contributed by atoms with Crippen molar-refractivity contribution in [3.8, 4) is 0 Å². The summed E-state index contributed by atoms with van der Waals surface area (Å²) >= 11 is 0. The van der Waals surface area contributed by atoms with E-state index in [1.807, 2.05) is 24.3 Å². The van der Waals surface area contributed by atoms with Gasteiger partial charge in [-0.1, -0.05) is 24.3 Å². The average Bonchev–Trinajstić information content (AvgIpc) is 2.59. The topological polar surface area (TPSA) is 58.9 Å². The Morgan fingerprint density at radius 3 is 2.60 bits per heavy atom. The second-order valence-electron chi connectivity index (χ2n) is 3.36. The molecule has 0 spiro atoms. The highest BCUT2D eigenvalue weighted by Gasteiger charge is 2.31. The summed E-state index contributed by atoms with van der Waals surface area (Å²) in [7, 11) is 0. The van der Waals surface area contributed by atoms with E-state index in [1.165, 1.54) is 12.2 Å². The second-order valence-corrected chi connectivity index (χ2v) is 3.36. The first-order valence-corrected chi connectivity index (χ1v) is 4.58. The molecule has 0 radical (unpaired) electrons. The van der Waals surface area contributed by atoms with Crippen molar-refractivity contribution in [2.75, 3.05) is 0 Å². The third kappa shape index (κ3) is 1.64. The minimum absolute atomic E-state index is 0.304. The van der Waals surface area contributed by atoms with Crippen LogP contribution in [0.2, 0.25) is 0 Å². The fourth-order valence-corrected chi connectivity index (χ4v) is 1.95. The summed E-state index contributed by atoms with van der Waals surface area (Å²) in [6.45, 7) is 0. The van der Waals surface area contributed by atoms with Crippen LogP contribution in [0.5, 0.6) is 0 Å². The lowest BCUT2D eigenvalue weighted by atomic mass is 10.1. The number of hydrogen-bond donors (Lipinski definition) is 0. The molecule has 0 saturated carbocycles. The summed E-state index contributed by atoms with van der Waals surface area (Å²) in [4.78, 5) is 27.9. The fourth-order valence-electron chi connectivity index (χ4n) is 1.95. The molecule has 2 atom stereocenters. The molecule has 4 nitrogen and oxygen atoms in total. The van der Waals surface area contributed by atoms with Gasteiger partial charge in [0.1, 0.15) is 6.04 Å². The van der Waals surface area contributed by atoms with Crippen molar-refractivity contribution in [1.29, 1.82) is 0 Å². The van der Waals surface area contributed by atoms with Crippen LogP contribution in [0.1, 0.15) is 17.2 Å². The molecule has 0 amide bonds. The highest BCUT2D eigenvalue weighted by molar-refractivity contribution is 5.44. The number of hydrogen-bond acceptors (Lipinski definition) is 4. The lowest BCUT2D eigenvalue weighted by molar-refractivity contribution is 0.533. The molecule has 74 valence electrons. The zero-order valence-electron chi connectivity index (χ0n) is 7.88. The Kier molecular flexibility index (Phi) is 2.55. The molecule has 1 aliphatic rings. The van der Waals surface area contributed by atoms with E-state index in [0.29, 0.717) is 6.42 Å². The first kappa shape index (κ1) is 9.53. The van der Waals surface area contributed by atoms with Gasteiger partial charge in [-0.3, -0.25) is 0 Å². The van der Waals surface area contributed by atoms with Crippen LogP contribution in [0.4, 0.5) is 0 Å². The van der Waals surface area contributed by atoms with Gasteiger partial charge < -0.3 is 0 Å². The first-order chi connectivity index (χ1) is 7.36. The molecule has 4 heteroatoms. The zero-order chi connectivity index (χ0) is 10.7. The van der Waals surface area contributed by atoms with Gasteiger partial charge in [0.15, 0.2) is 0 Å². The summed E-state index contributed by atoms with van der Waals surface area (Å²) in [5.41, 5.74) is 2.02. The summed E-state index contributed by atoms with van der Waals surface area (Å²) in [5, 5.41) is 0. The Bertz CT molecular complexity index is 471. The summed E-state index contributed by atoms with van der Waals surface area (Å²) in [6.07, 6.45) is 3.67. The van der Waals surface area contributed by atoms with Crippen LogP contribution in [0.3, 0.4) is 0 Å². The highest BCUT2D eigenvalue weighted by atomic mass is 16.1. The van der Waals surface area contributed by atoms with Crippen molar-refractivity contribution in [3.05, 3.63) is 35.4 Å². The molecule has 15 heavy (non-hydrogen) atoms. The Balaban J connectivity index is 2.45. The molecule has 0 bridgehead atoms. The quantitative estimate of drug-likeness (QED) is 0.534. The summed E-state index contributed by atoms with van der Waals surface area (Å²) in [5.74, 6) is 0. The van der Waals surface area contributed by atoms with Crippen LogP contribution in [-0.2, 0) is 16.0 Å². The number of rotatable bonds is 2. The maximum absolute atomic E-state index is 10.3. The standard InChI is InChI=1S/C11H8N2O2/c14-6-12-10-5-8-3-1-2-4-9(8)11(10)13-7-15/h1-4,10-11H,5H2. The molecule has 1 aromatic carbocycles. The van der Waals surface area contributed by atoms with Crippen LogP contribution in [0.15, 0.2) is 34.3 Å². The SMILES string of the molecule is O=C=NC1Cc2ccccc2C1N=C=O. The summed E-state index contributed by atoms with van der Waals surface area (Å²) < 4.78 is 0. The van der Waals surface area contributed by atoms with Gasteiger partial charge in [0.25, 0.3) is 0 Å². The Labute approximate surface area is 86.4 Å². The zero-order valence-corrected chi connectivity index (χ0v) is 7.88. The molecule has 0 aromatic heterocycles. The first-order valence-electron chi connectivity index (χ1n) is 4.58. The van der Waals surface area contributed by atoms with Crippen molar-refractivity contribution < 1.29 is 9.59 Å². The molecular formula is C11H8N2O2. The third-order valence-corrected chi connectivity index (χ3v) is 2.58. The van der Waals surface area contributed by atoms with Crippen LogP contribution >= 0.6 is 0 Å². The number of fused-ring (bicyclic) bond motifs is 1. The average molecular weight is 200 g/mol. The molecule has 0 saturated heterocycles. The maximum Gasteiger partial charge on any atom is 0.235 e. The Morgan fingerprint density at radius 1 is 1.13 bits per heavy atom. The van der Waals surface area contributed by atoms with Crippen LogP contribution in [-0.4, -0.2) is 18.2 Å². The molecule has 1 aliphatic carbocycles. The van der Waals surface area contributed by atoms with Gasteiger partial charge in [-0.15, -0.1) is 0 Å². The van der Waals surface area contributed by atoms with Gasteiger partial charge in [-0.05, 0) is 17.5 Å². The number of nitrogens with zero attached hydrogens (tertiary/aromatic N) is 2. The predicted octanol–water partition coefficient (Wildman–Crippen LogP) is 1.32. The Hall–Kier alpha value is -2.02. The van der Waals surface area contributed by atoms with Crippen molar-refractivity contribution >= 4 is 12.2 Å². The van der Waals surface area contributed by atoms with E-state index in [9.17, 15) is 9.59 Å². The van der Waals surface area contributed by atoms with E-state index in [2.05, 4.69) is 9.98 Å². The van der Waals surface area contributed by atoms with Gasteiger partial charge in [0, 0.05) is 0 Å². The van der Waals surface area contributed by atoms with Crippen molar-refractivity contribution in [1.82, 2.24) is 0 Å². The molecule has 2 unspecified atom stereocenters. The number of isocyanates is 2. The van der Waals surface area contributed by atoms with Crippen molar-refractivity contribution in [3.63, 3.8) is 0 Å².